The Bertz CT molecular complexity index is 1180. The minimum absolute atomic E-state index is 0.631. The average Bonchev–Trinajstić information content (AvgIpc) is 3.01. The fraction of sp³-hybridized carbons (Fsp3) is 0.321. The smallest absolute Gasteiger partial charge is 0.226 e. The average molecular weight is 477 g/mol. The lowest BCUT2D eigenvalue weighted by Gasteiger charge is -2.38. The van der Waals surface area contributed by atoms with Gasteiger partial charge >= 0.3 is 0 Å². The third-order valence-electron chi connectivity index (χ3n) is 6.88. The van der Waals surface area contributed by atoms with Gasteiger partial charge in [-0.2, -0.15) is 0 Å². The lowest BCUT2D eigenvalue weighted by Crippen LogP contribution is -2.42. The molecule has 1 aromatic heterocycles. The summed E-state index contributed by atoms with van der Waals surface area (Å²) in [5, 5.41) is 11.8. The van der Waals surface area contributed by atoms with Crippen molar-refractivity contribution in [3.63, 3.8) is 0 Å². The van der Waals surface area contributed by atoms with Crippen molar-refractivity contribution in [1.29, 1.82) is 0 Å². The summed E-state index contributed by atoms with van der Waals surface area (Å²) >= 11 is 6.01. The van der Waals surface area contributed by atoms with Crippen molar-refractivity contribution in [1.82, 2.24) is 9.88 Å². The van der Waals surface area contributed by atoms with Crippen LogP contribution in [0.1, 0.15) is 36.0 Å². The van der Waals surface area contributed by atoms with Crippen LogP contribution in [0.3, 0.4) is 0 Å². The van der Waals surface area contributed by atoms with Crippen molar-refractivity contribution >= 4 is 17.2 Å². The molecule has 1 fully saturated rings. The fourth-order valence-corrected chi connectivity index (χ4v) is 4.95. The number of hydrogen-bond acceptors (Lipinski definition) is 5. The molecule has 3 aromatic rings. The molecule has 176 valence electrons. The van der Waals surface area contributed by atoms with Gasteiger partial charge in [-0.3, -0.25) is 0 Å². The van der Waals surface area contributed by atoms with E-state index in [4.69, 9.17) is 21.1 Å². The Balaban J connectivity index is 1.26. The number of fused-ring (bicyclic) bond motifs is 2. The lowest BCUT2D eigenvalue weighted by atomic mass is 9.84. The second-order valence-corrected chi connectivity index (χ2v) is 9.44. The van der Waals surface area contributed by atoms with E-state index in [1.165, 1.54) is 5.57 Å². The van der Waals surface area contributed by atoms with Gasteiger partial charge in [0.25, 0.3) is 0 Å². The number of aliphatic hydroxyl groups is 1. The van der Waals surface area contributed by atoms with Gasteiger partial charge in [-0.05, 0) is 66.3 Å². The maximum atomic E-state index is 11.1. The Morgan fingerprint density at radius 1 is 1.15 bits per heavy atom. The van der Waals surface area contributed by atoms with Crippen LogP contribution in [0.15, 0.2) is 66.9 Å². The highest BCUT2D eigenvalue weighted by molar-refractivity contribution is 6.30. The Labute approximate surface area is 205 Å². The first kappa shape index (κ1) is 22.9. The molecule has 1 N–H and O–H groups in total. The highest BCUT2D eigenvalue weighted by Crippen LogP contribution is 2.39. The molecule has 2 aliphatic heterocycles. The minimum atomic E-state index is -0.770. The van der Waals surface area contributed by atoms with Gasteiger partial charge < -0.3 is 19.5 Å². The first-order valence-electron chi connectivity index (χ1n) is 11.7. The van der Waals surface area contributed by atoms with Crippen molar-refractivity contribution in [2.45, 2.75) is 31.3 Å². The van der Waals surface area contributed by atoms with E-state index in [0.717, 1.165) is 73.5 Å². The van der Waals surface area contributed by atoms with E-state index < -0.39 is 5.60 Å². The topological polar surface area (TPSA) is 54.8 Å². The van der Waals surface area contributed by atoms with Gasteiger partial charge in [0.2, 0.25) is 5.88 Å². The molecule has 0 atom stereocenters. The zero-order valence-corrected chi connectivity index (χ0v) is 20.1. The molecular weight excluding hydrogens is 448 g/mol. The number of pyridine rings is 1. The number of methoxy groups -OCH3 is 1. The van der Waals surface area contributed by atoms with Crippen LogP contribution < -0.4 is 9.47 Å². The van der Waals surface area contributed by atoms with Gasteiger partial charge in [0, 0.05) is 48.9 Å². The van der Waals surface area contributed by atoms with Gasteiger partial charge in [-0.1, -0.05) is 35.9 Å². The first-order valence-corrected chi connectivity index (χ1v) is 12.1. The highest BCUT2D eigenvalue weighted by Gasteiger charge is 2.33. The SMILES string of the molecule is COc1ccc2c(c1)Oc1ncccc1C(=CCCN1CCC(O)(c3ccc(Cl)cc3)CC1)C2. The van der Waals surface area contributed by atoms with Crippen molar-refractivity contribution in [3.05, 3.63) is 88.6 Å². The third kappa shape index (κ3) is 4.83. The Morgan fingerprint density at radius 3 is 2.71 bits per heavy atom. The summed E-state index contributed by atoms with van der Waals surface area (Å²) in [5.74, 6) is 2.19. The van der Waals surface area contributed by atoms with Crippen LogP contribution >= 0.6 is 11.6 Å². The standard InChI is InChI=1S/C28H29ClN2O3/c1-33-24-11-6-21-18-20(25-5-2-14-30-27(25)34-26(21)19-24)4-3-15-31-16-12-28(32,13-17-31)22-7-9-23(29)10-8-22/h2,4-11,14,19,32H,3,12-13,15-18H2,1H3. The monoisotopic (exact) mass is 476 g/mol. The maximum absolute atomic E-state index is 11.1. The summed E-state index contributed by atoms with van der Waals surface area (Å²) in [7, 11) is 1.66. The van der Waals surface area contributed by atoms with Crippen LogP contribution in [0.4, 0.5) is 0 Å². The van der Waals surface area contributed by atoms with Gasteiger partial charge in [-0.25, -0.2) is 4.98 Å². The van der Waals surface area contributed by atoms with Gasteiger partial charge in [0.05, 0.1) is 12.7 Å². The molecule has 34 heavy (non-hydrogen) atoms. The third-order valence-corrected chi connectivity index (χ3v) is 7.13. The number of allylic oxidation sites excluding steroid dienone is 1. The molecule has 0 amide bonds. The number of halogens is 1. The number of likely N-dealkylation sites (tertiary alicyclic amines) is 1. The molecule has 5 nitrogen and oxygen atoms in total. The van der Waals surface area contributed by atoms with Crippen molar-refractivity contribution in [3.8, 4) is 17.4 Å². The molecule has 2 aliphatic rings. The zero-order valence-electron chi connectivity index (χ0n) is 19.3. The second kappa shape index (κ2) is 9.79. The Hall–Kier alpha value is -2.86. The summed E-state index contributed by atoms with van der Waals surface area (Å²) in [6, 6.07) is 17.6. The molecule has 0 saturated carbocycles. The highest BCUT2D eigenvalue weighted by atomic mass is 35.5. The van der Waals surface area contributed by atoms with Gasteiger partial charge in [0.1, 0.15) is 11.5 Å². The van der Waals surface area contributed by atoms with Crippen molar-refractivity contribution in [2.24, 2.45) is 0 Å². The van der Waals surface area contributed by atoms with E-state index in [1.807, 2.05) is 42.5 Å². The van der Waals surface area contributed by atoms with Gasteiger partial charge in [0.15, 0.2) is 0 Å². The molecule has 0 radical (unpaired) electrons. The first-order chi connectivity index (χ1) is 16.5. The summed E-state index contributed by atoms with van der Waals surface area (Å²) in [6.07, 6.45) is 7.23. The molecule has 0 aliphatic carbocycles. The predicted molar refractivity (Wildman–Crippen MR) is 135 cm³/mol. The summed E-state index contributed by atoms with van der Waals surface area (Å²) in [6.45, 7) is 2.69. The minimum Gasteiger partial charge on any atom is -0.497 e. The molecule has 1 saturated heterocycles. The lowest BCUT2D eigenvalue weighted by molar-refractivity contribution is -0.0254. The second-order valence-electron chi connectivity index (χ2n) is 9.01. The zero-order chi connectivity index (χ0) is 23.5. The molecule has 6 heteroatoms. The van der Waals surface area contributed by atoms with Gasteiger partial charge in [-0.15, -0.1) is 0 Å². The molecule has 0 spiro atoms. The number of hydrogen-bond donors (Lipinski definition) is 1. The fourth-order valence-electron chi connectivity index (χ4n) is 4.82. The van der Waals surface area contributed by atoms with Crippen molar-refractivity contribution < 1.29 is 14.6 Å². The number of benzene rings is 2. The molecule has 2 aromatic carbocycles. The molecular formula is C28H29ClN2O3. The van der Waals surface area contributed by atoms with E-state index in [1.54, 1.807) is 13.3 Å². The number of ether oxygens (including phenoxy) is 2. The number of aromatic nitrogens is 1. The number of nitrogens with zero attached hydrogens (tertiary/aromatic N) is 2. The van der Waals surface area contributed by atoms with Crippen LogP contribution in [-0.2, 0) is 12.0 Å². The summed E-state index contributed by atoms with van der Waals surface area (Å²) in [5.41, 5.74) is 3.57. The Morgan fingerprint density at radius 2 is 1.94 bits per heavy atom. The molecule has 5 rings (SSSR count). The number of rotatable bonds is 5. The van der Waals surface area contributed by atoms with Crippen LogP contribution in [0.5, 0.6) is 17.4 Å². The quantitative estimate of drug-likeness (QED) is 0.500. The summed E-state index contributed by atoms with van der Waals surface area (Å²) < 4.78 is 11.5. The maximum Gasteiger partial charge on any atom is 0.226 e. The molecule has 0 unspecified atom stereocenters. The van der Waals surface area contributed by atoms with E-state index in [0.29, 0.717) is 10.9 Å². The van der Waals surface area contributed by atoms with Crippen LogP contribution in [0, 0.1) is 0 Å². The Kier molecular flexibility index (Phi) is 6.59. The van der Waals surface area contributed by atoms with E-state index in [-0.39, 0.29) is 0 Å². The van der Waals surface area contributed by atoms with Crippen molar-refractivity contribution in [2.75, 3.05) is 26.7 Å². The summed E-state index contributed by atoms with van der Waals surface area (Å²) in [4.78, 5) is 6.91. The molecule has 3 heterocycles. The van der Waals surface area contributed by atoms with E-state index >= 15 is 0 Å². The van der Waals surface area contributed by atoms with Crippen LogP contribution in [0.25, 0.3) is 5.57 Å². The van der Waals surface area contributed by atoms with Crippen LogP contribution in [-0.4, -0.2) is 41.7 Å². The number of piperidine rings is 1. The molecule has 0 bridgehead atoms. The largest absolute Gasteiger partial charge is 0.497 e. The predicted octanol–water partition coefficient (Wildman–Crippen LogP) is 5.85. The van der Waals surface area contributed by atoms with E-state index in [2.05, 4.69) is 28.1 Å². The normalized spacial score (nSPS) is 18.5. The van der Waals surface area contributed by atoms with E-state index in [9.17, 15) is 5.11 Å². The van der Waals surface area contributed by atoms with Crippen LogP contribution in [0.2, 0.25) is 5.02 Å².